The van der Waals surface area contributed by atoms with Gasteiger partial charge in [0.15, 0.2) is 0 Å². The maximum atomic E-state index is 12.6. The molecule has 1 aromatic rings. The first-order valence-electron chi connectivity index (χ1n) is 6.96. The van der Waals surface area contributed by atoms with Crippen molar-refractivity contribution in [2.75, 3.05) is 39.0 Å². The highest BCUT2D eigenvalue weighted by atomic mass is 32.2. The van der Waals surface area contributed by atoms with Crippen LogP contribution in [0.2, 0.25) is 0 Å². The second-order valence-electron chi connectivity index (χ2n) is 5.37. The average Bonchev–Trinajstić information content (AvgIpc) is 2.88. The molecule has 0 amide bonds. The molecule has 1 aliphatic rings. The molecule has 1 saturated heterocycles. The first kappa shape index (κ1) is 15.3. The fourth-order valence-electron chi connectivity index (χ4n) is 2.59. The van der Waals surface area contributed by atoms with E-state index in [0.717, 1.165) is 19.6 Å². The molecule has 1 heterocycles. The quantitative estimate of drug-likeness (QED) is 0.832. The van der Waals surface area contributed by atoms with E-state index in [-0.39, 0.29) is 4.90 Å². The molecule has 1 aromatic carbocycles. The standard InChI is InChI=1S/C14H23N3O2S/c1-12-6-5-7-13(15)14(12)20(18,19)16(2)10-11-17-8-3-4-9-17/h5-7H,3-4,8-11,15H2,1-2H3. The third-order valence-electron chi connectivity index (χ3n) is 3.84. The number of aryl methyl sites for hydroxylation is 1. The van der Waals surface area contributed by atoms with E-state index in [1.807, 2.05) is 0 Å². The average molecular weight is 297 g/mol. The van der Waals surface area contributed by atoms with E-state index < -0.39 is 10.0 Å². The summed E-state index contributed by atoms with van der Waals surface area (Å²) in [5, 5.41) is 0. The lowest BCUT2D eigenvalue weighted by Gasteiger charge is -2.22. The monoisotopic (exact) mass is 297 g/mol. The number of nitrogens with two attached hydrogens (primary N) is 1. The van der Waals surface area contributed by atoms with Crippen molar-refractivity contribution in [1.82, 2.24) is 9.21 Å². The Morgan fingerprint density at radius 3 is 2.55 bits per heavy atom. The van der Waals surface area contributed by atoms with Gasteiger partial charge in [-0.1, -0.05) is 12.1 Å². The number of nitrogens with zero attached hydrogens (tertiary/aromatic N) is 2. The zero-order valence-electron chi connectivity index (χ0n) is 12.2. The van der Waals surface area contributed by atoms with Crippen LogP contribution in [0.25, 0.3) is 0 Å². The van der Waals surface area contributed by atoms with Crippen LogP contribution in [0.1, 0.15) is 18.4 Å². The predicted octanol–water partition coefficient (Wildman–Crippen LogP) is 1.29. The molecular weight excluding hydrogens is 274 g/mol. The lowest BCUT2D eigenvalue weighted by Crippen LogP contribution is -2.35. The van der Waals surface area contributed by atoms with Gasteiger partial charge in [0.05, 0.1) is 5.69 Å². The van der Waals surface area contributed by atoms with Crippen molar-refractivity contribution in [3.05, 3.63) is 23.8 Å². The number of likely N-dealkylation sites (N-methyl/N-ethyl adjacent to an activating group) is 1. The van der Waals surface area contributed by atoms with Gasteiger partial charge in [-0.25, -0.2) is 8.42 Å². The molecular formula is C14H23N3O2S. The van der Waals surface area contributed by atoms with Crippen LogP contribution < -0.4 is 5.73 Å². The number of hydrogen-bond donors (Lipinski definition) is 1. The number of sulfonamides is 1. The van der Waals surface area contributed by atoms with E-state index in [9.17, 15) is 8.42 Å². The molecule has 0 radical (unpaired) electrons. The van der Waals surface area contributed by atoms with Gasteiger partial charge < -0.3 is 10.6 Å². The molecule has 6 heteroatoms. The van der Waals surface area contributed by atoms with E-state index in [0.29, 0.717) is 17.8 Å². The topological polar surface area (TPSA) is 66.6 Å². The molecule has 2 N–H and O–H groups in total. The SMILES string of the molecule is Cc1cccc(N)c1S(=O)(=O)N(C)CCN1CCCC1. The van der Waals surface area contributed by atoms with E-state index in [1.54, 1.807) is 32.2 Å². The third kappa shape index (κ3) is 3.13. The van der Waals surface area contributed by atoms with Crippen LogP contribution in [0, 0.1) is 6.92 Å². The summed E-state index contributed by atoms with van der Waals surface area (Å²) >= 11 is 0. The van der Waals surface area contributed by atoms with Crippen LogP contribution in [-0.4, -0.2) is 50.8 Å². The predicted molar refractivity (Wildman–Crippen MR) is 81.1 cm³/mol. The molecule has 2 rings (SSSR count). The first-order valence-corrected chi connectivity index (χ1v) is 8.40. The number of nitrogen functional groups attached to an aromatic ring is 1. The van der Waals surface area contributed by atoms with Crippen LogP contribution in [-0.2, 0) is 10.0 Å². The van der Waals surface area contributed by atoms with Crippen LogP contribution in [0.4, 0.5) is 5.69 Å². The molecule has 20 heavy (non-hydrogen) atoms. The van der Waals surface area contributed by atoms with Crippen molar-refractivity contribution in [2.45, 2.75) is 24.7 Å². The summed E-state index contributed by atoms with van der Waals surface area (Å²) in [7, 11) is -1.89. The number of anilines is 1. The fourth-order valence-corrected chi connectivity index (χ4v) is 4.07. The smallest absolute Gasteiger partial charge is 0.245 e. The Bertz CT molecular complexity index is 546. The minimum Gasteiger partial charge on any atom is -0.398 e. The molecule has 1 aliphatic heterocycles. The highest BCUT2D eigenvalue weighted by Gasteiger charge is 2.25. The normalized spacial score (nSPS) is 16.9. The molecule has 0 aromatic heterocycles. The lowest BCUT2D eigenvalue weighted by molar-refractivity contribution is 0.310. The summed E-state index contributed by atoms with van der Waals surface area (Å²) < 4.78 is 26.6. The molecule has 112 valence electrons. The Hall–Kier alpha value is -1.11. The van der Waals surface area contributed by atoms with Gasteiger partial charge in [-0.2, -0.15) is 4.31 Å². The second kappa shape index (κ2) is 6.11. The highest BCUT2D eigenvalue weighted by Crippen LogP contribution is 2.25. The number of hydrogen-bond acceptors (Lipinski definition) is 4. The summed E-state index contributed by atoms with van der Waals surface area (Å²) in [5.74, 6) is 0. The summed E-state index contributed by atoms with van der Waals surface area (Å²) in [6.45, 7) is 5.19. The van der Waals surface area contributed by atoms with Gasteiger partial charge in [-0.05, 0) is 44.5 Å². The second-order valence-corrected chi connectivity index (χ2v) is 7.35. The molecule has 0 spiro atoms. The van der Waals surface area contributed by atoms with Gasteiger partial charge in [0.25, 0.3) is 0 Å². The summed E-state index contributed by atoms with van der Waals surface area (Å²) in [4.78, 5) is 2.54. The van der Waals surface area contributed by atoms with Crippen molar-refractivity contribution in [3.8, 4) is 0 Å². The maximum absolute atomic E-state index is 12.6. The van der Waals surface area contributed by atoms with Gasteiger partial charge >= 0.3 is 0 Å². The number of likely N-dealkylation sites (tertiary alicyclic amines) is 1. The molecule has 1 fully saturated rings. The van der Waals surface area contributed by atoms with Crippen molar-refractivity contribution in [1.29, 1.82) is 0 Å². The van der Waals surface area contributed by atoms with Gasteiger partial charge in [0.1, 0.15) is 4.90 Å². The Labute approximate surface area is 121 Å². The van der Waals surface area contributed by atoms with E-state index in [4.69, 9.17) is 5.73 Å². The lowest BCUT2D eigenvalue weighted by atomic mass is 10.2. The van der Waals surface area contributed by atoms with Crippen LogP contribution in [0.5, 0.6) is 0 Å². The van der Waals surface area contributed by atoms with Crippen molar-refractivity contribution < 1.29 is 8.42 Å². The van der Waals surface area contributed by atoms with Gasteiger partial charge in [0.2, 0.25) is 10.0 Å². The first-order chi connectivity index (χ1) is 9.43. The Morgan fingerprint density at radius 2 is 1.95 bits per heavy atom. The van der Waals surface area contributed by atoms with Crippen LogP contribution in [0.3, 0.4) is 0 Å². The van der Waals surface area contributed by atoms with Gasteiger partial charge in [0, 0.05) is 20.1 Å². The molecule has 0 atom stereocenters. The maximum Gasteiger partial charge on any atom is 0.245 e. The Kier molecular flexibility index (Phi) is 4.67. The zero-order chi connectivity index (χ0) is 14.8. The van der Waals surface area contributed by atoms with Crippen molar-refractivity contribution in [2.24, 2.45) is 0 Å². The minimum atomic E-state index is -3.51. The fraction of sp³-hybridized carbons (Fsp3) is 0.571. The molecule has 0 bridgehead atoms. The Morgan fingerprint density at radius 1 is 1.30 bits per heavy atom. The zero-order valence-corrected chi connectivity index (χ0v) is 13.0. The molecule has 5 nitrogen and oxygen atoms in total. The van der Waals surface area contributed by atoms with E-state index in [1.165, 1.54) is 17.1 Å². The van der Waals surface area contributed by atoms with Crippen molar-refractivity contribution in [3.63, 3.8) is 0 Å². The summed E-state index contributed by atoms with van der Waals surface area (Å²) in [5.41, 5.74) is 6.86. The Balaban J connectivity index is 2.12. The van der Waals surface area contributed by atoms with Crippen molar-refractivity contribution >= 4 is 15.7 Å². The van der Waals surface area contributed by atoms with Crippen LogP contribution in [0.15, 0.2) is 23.1 Å². The number of rotatable bonds is 5. The molecule has 0 saturated carbocycles. The molecule has 0 unspecified atom stereocenters. The largest absolute Gasteiger partial charge is 0.398 e. The summed E-state index contributed by atoms with van der Waals surface area (Å²) in [6.07, 6.45) is 2.42. The van der Waals surface area contributed by atoms with Crippen LogP contribution >= 0.6 is 0 Å². The van der Waals surface area contributed by atoms with Gasteiger partial charge in [-0.15, -0.1) is 0 Å². The van der Waals surface area contributed by atoms with E-state index in [2.05, 4.69) is 4.90 Å². The van der Waals surface area contributed by atoms with E-state index >= 15 is 0 Å². The number of benzene rings is 1. The molecule has 0 aliphatic carbocycles. The highest BCUT2D eigenvalue weighted by molar-refractivity contribution is 7.89. The van der Waals surface area contributed by atoms with Gasteiger partial charge in [-0.3, -0.25) is 0 Å². The third-order valence-corrected chi connectivity index (χ3v) is 5.92. The minimum absolute atomic E-state index is 0.240. The summed E-state index contributed by atoms with van der Waals surface area (Å²) in [6, 6.07) is 5.18.